The number of halogens is 1. The molecule has 1 atom stereocenters. The van der Waals surface area contributed by atoms with Crippen molar-refractivity contribution in [2.75, 3.05) is 13.1 Å². The predicted octanol–water partition coefficient (Wildman–Crippen LogP) is 0.936. The molecule has 24 heavy (non-hydrogen) atoms. The van der Waals surface area contributed by atoms with E-state index < -0.39 is 29.2 Å². The van der Waals surface area contributed by atoms with E-state index in [-0.39, 0.29) is 24.7 Å². The molecule has 0 aliphatic carbocycles. The number of carboxylic acids is 1. The quantitative estimate of drug-likeness (QED) is 0.685. The summed E-state index contributed by atoms with van der Waals surface area (Å²) in [5.41, 5.74) is -0.629. The number of rotatable bonds is 7. The minimum Gasteiger partial charge on any atom is -0.478 e. The van der Waals surface area contributed by atoms with Gasteiger partial charge in [0.15, 0.2) is 0 Å². The Morgan fingerprint density at radius 1 is 1.17 bits per heavy atom. The highest BCUT2D eigenvalue weighted by atomic mass is 19.1. The van der Waals surface area contributed by atoms with Crippen molar-refractivity contribution in [1.29, 1.82) is 0 Å². The molecule has 0 spiro atoms. The van der Waals surface area contributed by atoms with Gasteiger partial charge in [-0.15, -0.1) is 0 Å². The number of ether oxygens (including phenoxy) is 1. The lowest BCUT2D eigenvalue weighted by Gasteiger charge is -2.18. The van der Waals surface area contributed by atoms with Crippen molar-refractivity contribution in [3.05, 3.63) is 30.1 Å². The molecule has 0 saturated carbocycles. The van der Waals surface area contributed by atoms with Crippen LogP contribution in [0, 0.1) is 11.2 Å². The summed E-state index contributed by atoms with van der Waals surface area (Å²) in [5, 5.41) is 13.9. The molecule has 0 heterocycles. The van der Waals surface area contributed by atoms with Crippen LogP contribution in [0.5, 0.6) is 5.75 Å². The highest BCUT2D eigenvalue weighted by Crippen LogP contribution is 2.13. The van der Waals surface area contributed by atoms with Gasteiger partial charge in [0.1, 0.15) is 11.6 Å². The van der Waals surface area contributed by atoms with Crippen molar-refractivity contribution >= 4 is 17.8 Å². The minimum atomic E-state index is -1.34. The summed E-state index contributed by atoms with van der Waals surface area (Å²) < 4.78 is 18.0. The Kier molecular flexibility index (Phi) is 6.69. The van der Waals surface area contributed by atoms with Gasteiger partial charge in [0.05, 0.1) is 13.1 Å². The largest absolute Gasteiger partial charge is 0.478 e. The third kappa shape index (κ3) is 6.64. The van der Waals surface area contributed by atoms with Gasteiger partial charge in [-0.3, -0.25) is 9.59 Å². The standard InChI is InChI=1S/C16H21FN2O5/c1-16(2,3)15(23)19-9-13(20)18-8-12(14(21)22)24-11-6-4-10(17)5-7-11/h4-7,12H,8-9H2,1-3H3,(H,18,20)(H,19,23)(H,21,22). The van der Waals surface area contributed by atoms with E-state index in [0.29, 0.717) is 0 Å². The maximum atomic E-state index is 12.8. The molecule has 0 aromatic heterocycles. The van der Waals surface area contributed by atoms with E-state index in [9.17, 15) is 18.8 Å². The number of amides is 2. The monoisotopic (exact) mass is 340 g/mol. The Bertz CT molecular complexity index is 595. The summed E-state index contributed by atoms with van der Waals surface area (Å²) in [6.07, 6.45) is -1.34. The lowest BCUT2D eigenvalue weighted by Crippen LogP contribution is -2.45. The molecule has 1 aromatic carbocycles. The molecule has 0 bridgehead atoms. The first kappa shape index (κ1) is 19.4. The zero-order valence-corrected chi connectivity index (χ0v) is 13.8. The van der Waals surface area contributed by atoms with Crippen molar-refractivity contribution in [1.82, 2.24) is 10.6 Å². The zero-order chi connectivity index (χ0) is 18.3. The molecule has 7 nitrogen and oxygen atoms in total. The molecule has 0 aliphatic rings. The number of hydrogen-bond donors (Lipinski definition) is 3. The Balaban J connectivity index is 2.48. The lowest BCUT2D eigenvalue weighted by molar-refractivity contribution is -0.145. The van der Waals surface area contributed by atoms with Gasteiger partial charge >= 0.3 is 5.97 Å². The molecule has 1 unspecified atom stereocenters. The van der Waals surface area contributed by atoms with Crippen molar-refractivity contribution < 1.29 is 28.6 Å². The van der Waals surface area contributed by atoms with Crippen LogP contribution in [0.4, 0.5) is 4.39 Å². The Hall–Kier alpha value is -2.64. The molecule has 0 fully saturated rings. The normalized spacial score (nSPS) is 12.2. The molecule has 2 amide bonds. The number of carboxylic acid groups (broad SMARTS) is 1. The van der Waals surface area contributed by atoms with E-state index in [0.717, 1.165) is 12.1 Å². The van der Waals surface area contributed by atoms with Crippen LogP contribution in [0.1, 0.15) is 20.8 Å². The average molecular weight is 340 g/mol. The predicted molar refractivity (Wildman–Crippen MR) is 83.9 cm³/mol. The number of carbonyl (C=O) groups is 3. The fraction of sp³-hybridized carbons (Fsp3) is 0.438. The van der Waals surface area contributed by atoms with Crippen molar-refractivity contribution in [3.63, 3.8) is 0 Å². The first-order valence-corrected chi connectivity index (χ1v) is 7.29. The lowest BCUT2D eigenvalue weighted by atomic mass is 9.96. The molecular weight excluding hydrogens is 319 g/mol. The SMILES string of the molecule is CC(C)(C)C(=O)NCC(=O)NCC(Oc1ccc(F)cc1)C(=O)O. The van der Waals surface area contributed by atoms with E-state index in [4.69, 9.17) is 9.84 Å². The second-order valence-electron chi connectivity index (χ2n) is 6.14. The summed E-state index contributed by atoms with van der Waals surface area (Å²) in [5.74, 6) is -2.42. The molecule has 0 saturated heterocycles. The second-order valence-corrected chi connectivity index (χ2v) is 6.14. The number of nitrogens with one attached hydrogen (secondary N) is 2. The molecule has 3 N–H and O–H groups in total. The molecule has 1 rings (SSSR count). The van der Waals surface area contributed by atoms with Crippen molar-refractivity contribution in [3.8, 4) is 5.75 Å². The van der Waals surface area contributed by atoms with Crippen LogP contribution >= 0.6 is 0 Å². The van der Waals surface area contributed by atoms with E-state index >= 15 is 0 Å². The van der Waals surface area contributed by atoms with E-state index in [2.05, 4.69) is 10.6 Å². The maximum absolute atomic E-state index is 12.8. The first-order chi connectivity index (χ1) is 11.1. The van der Waals surface area contributed by atoms with Crippen LogP contribution in [0.15, 0.2) is 24.3 Å². The number of carbonyl (C=O) groups excluding carboxylic acids is 2. The van der Waals surface area contributed by atoms with E-state index in [1.54, 1.807) is 20.8 Å². The van der Waals surface area contributed by atoms with Crippen LogP contribution in [0.25, 0.3) is 0 Å². The van der Waals surface area contributed by atoms with Crippen LogP contribution < -0.4 is 15.4 Å². The van der Waals surface area contributed by atoms with Gasteiger partial charge in [-0.05, 0) is 24.3 Å². The van der Waals surface area contributed by atoms with Gasteiger partial charge in [-0.1, -0.05) is 20.8 Å². The zero-order valence-electron chi connectivity index (χ0n) is 13.8. The number of aliphatic carboxylic acids is 1. The molecule has 0 aliphatic heterocycles. The minimum absolute atomic E-state index is 0.166. The van der Waals surface area contributed by atoms with Gasteiger partial charge in [0.2, 0.25) is 17.9 Å². The Morgan fingerprint density at radius 3 is 2.25 bits per heavy atom. The van der Waals surface area contributed by atoms with Gasteiger partial charge in [0, 0.05) is 5.41 Å². The highest BCUT2D eigenvalue weighted by Gasteiger charge is 2.23. The second kappa shape index (κ2) is 8.28. The third-order valence-electron chi connectivity index (χ3n) is 2.94. The molecule has 1 aromatic rings. The summed E-state index contributed by atoms with van der Waals surface area (Å²) in [6.45, 7) is 4.56. The summed E-state index contributed by atoms with van der Waals surface area (Å²) in [4.78, 5) is 34.5. The van der Waals surface area contributed by atoms with Crippen LogP contribution in [0.2, 0.25) is 0 Å². The van der Waals surface area contributed by atoms with Gasteiger partial charge in [-0.25, -0.2) is 9.18 Å². The Morgan fingerprint density at radius 2 is 1.75 bits per heavy atom. The maximum Gasteiger partial charge on any atom is 0.346 e. The molecule has 132 valence electrons. The third-order valence-corrected chi connectivity index (χ3v) is 2.94. The number of hydrogen-bond acceptors (Lipinski definition) is 4. The van der Waals surface area contributed by atoms with Crippen molar-refractivity contribution in [2.24, 2.45) is 5.41 Å². The Labute approximate surface area is 139 Å². The van der Waals surface area contributed by atoms with Gasteiger partial charge < -0.3 is 20.5 Å². The first-order valence-electron chi connectivity index (χ1n) is 7.29. The van der Waals surface area contributed by atoms with Crippen LogP contribution in [-0.4, -0.2) is 42.1 Å². The molecule has 8 heteroatoms. The van der Waals surface area contributed by atoms with E-state index in [1.165, 1.54) is 12.1 Å². The van der Waals surface area contributed by atoms with Crippen LogP contribution in [0.3, 0.4) is 0 Å². The number of benzene rings is 1. The summed E-state index contributed by atoms with van der Waals surface area (Å²) in [6, 6.07) is 4.84. The molecule has 0 radical (unpaired) electrons. The van der Waals surface area contributed by atoms with Gasteiger partial charge in [0.25, 0.3) is 0 Å². The smallest absolute Gasteiger partial charge is 0.346 e. The van der Waals surface area contributed by atoms with Crippen LogP contribution in [-0.2, 0) is 14.4 Å². The van der Waals surface area contributed by atoms with Gasteiger partial charge in [-0.2, -0.15) is 0 Å². The van der Waals surface area contributed by atoms with E-state index in [1.807, 2.05) is 0 Å². The average Bonchev–Trinajstić information content (AvgIpc) is 2.49. The van der Waals surface area contributed by atoms with Crippen molar-refractivity contribution in [2.45, 2.75) is 26.9 Å². The fourth-order valence-corrected chi connectivity index (χ4v) is 1.55. The highest BCUT2D eigenvalue weighted by molar-refractivity contribution is 5.87. The molecular formula is C16H21FN2O5. The fourth-order valence-electron chi connectivity index (χ4n) is 1.55. The summed E-state index contributed by atoms with van der Waals surface area (Å²) in [7, 11) is 0. The topological polar surface area (TPSA) is 105 Å². The summed E-state index contributed by atoms with van der Waals surface area (Å²) >= 11 is 0.